The Bertz CT molecular complexity index is 4420. The Balaban J connectivity index is 1.03. The first-order valence-corrected chi connectivity index (χ1v) is 28.1. The summed E-state index contributed by atoms with van der Waals surface area (Å²) in [5.74, 6) is -5.43. The topological polar surface area (TPSA) is 33.5 Å². The zero-order chi connectivity index (χ0) is 59.1. The molecular formula is C74H56F6N4O. The molecule has 2 aromatic heterocycles. The first kappa shape index (κ1) is 54.4. The van der Waals surface area contributed by atoms with Crippen LogP contribution in [-0.4, -0.2) is 16.2 Å². The number of hydrogen-bond donors (Lipinski definition) is 0. The molecule has 0 amide bonds. The number of para-hydroxylation sites is 3. The number of nitrogens with zero attached hydrogens (tertiary/aromatic N) is 4. The zero-order valence-corrected chi connectivity index (χ0v) is 47.5. The van der Waals surface area contributed by atoms with Crippen molar-refractivity contribution in [1.29, 1.82) is 0 Å². The van der Waals surface area contributed by atoms with Gasteiger partial charge in [-0.2, -0.15) is 0 Å². The van der Waals surface area contributed by atoms with Crippen molar-refractivity contribution < 1.29 is 31.1 Å². The van der Waals surface area contributed by atoms with Crippen LogP contribution in [0.5, 0.6) is 11.5 Å². The fourth-order valence-corrected chi connectivity index (χ4v) is 11.7. The van der Waals surface area contributed by atoms with Crippen LogP contribution in [0.1, 0.15) is 52.7 Å². The van der Waals surface area contributed by atoms with Gasteiger partial charge < -0.3 is 14.5 Å². The lowest BCUT2D eigenvalue weighted by Gasteiger charge is -2.30. The van der Waals surface area contributed by atoms with Gasteiger partial charge in [0.05, 0.1) is 39.2 Å². The average molecular weight is 1130 g/mol. The summed E-state index contributed by atoms with van der Waals surface area (Å²) in [6.07, 6.45) is 1.85. The van der Waals surface area contributed by atoms with Gasteiger partial charge in [-0.05, 0) is 140 Å². The molecule has 0 unspecified atom stereocenters. The number of ether oxygens (including phenoxy) is 1. The number of fused-ring (bicyclic) bond motifs is 4. The second kappa shape index (κ2) is 21.1. The Kier molecular flexibility index (Phi) is 13.5. The van der Waals surface area contributed by atoms with E-state index in [4.69, 9.17) is 9.72 Å². The molecule has 0 atom stereocenters. The Hall–Kier alpha value is -9.87. The molecule has 0 bridgehead atoms. The lowest BCUT2D eigenvalue weighted by molar-refractivity contribution is 0.483. The van der Waals surface area contributed by atoms with Crippen molar-refractivity contribution in [1.82, 2.24) is 9.55 Å². The van der Waals surface area contributed by atoms with Gasteiger partial charge in [-0.15, -0.1) is 0 Å². The van der Waals surface area contributed by atoms with Crippen molar-refractivity contribution in [3.8, 4) is 73.0 Å². The molecule has 85 heavy (non-hydrogen) atoms. The van der Waals surface area contributed by atoms with Crippen LogP contribution in [0.3, 0.4) is 0 Å². The van der Waals surface area contributed by atoms with Gasteiger partial charge in [-0.3, -0.25) is 4.57 Å². The van der Waals surface area contributed by atoms with Gasteiger partial charge >= 0.3 is 0 Å². The molecule has 0 saturated heterocycles. The van der Waals surface area contributed by atoms with Gasteiger partial charge in [-0.25, -0.2) is 31.3 Å². The number of hydrogen-bond acceptors (Lipinski definition) is 4. The predicted molar refractivity (Wildman–Crippen MR) is 331 cm³/mol. The molecular weight excluding hydrogens is 1070 g/mol. The predicted octanol–water partition coefficient (Wildman–Crippen LogP) is 21.0. The highest BCUT2D eigenvalue weighted by molar-refractivity contribution is 6.09. The van der Waals surface area contributed by atoms with Crippen molar-refractivity contribution in [3.05, 3.63) is 265 Å². The molecule has 10 aromatic carbocycles. The molecule has 3 heterocycles. The maximum atomic E-state index is 16.6. The molecule has 0 aliphatic carbocycles. The third-order valence-corrected chi connectivity index (χ3v) is 15.9. The maximum Gasteiger partial charge on any atom is 0.137 e. The van der Waals surface area contributed by atoms with Gasteiger partial charge in [0.15, 0.2) is 0 Å². The third-order valence-electron chi connectivity index (χ3n) is 15.9. The minimum atomic E-state index is -1.23. The molecule has 0 N–H and O–H groups in total. The van der Waals surface area contributed by atoms with Crippen LogP contribution in [-0.2, 0) is 10.8 Å². The Morgan fingerprint density at radius 3 is 1.46 bits per heavy atom. The third kappa shape index (κ3) is 10.1. The van der Waals surface area contributed by atoms with E-state index in [-0.39, 0.29) is 28.9 Å². The number of anilines is 4. The van der Waals surface area contributed by atoms with Crippen molar-refractivity contribution in [3.63, 3.8) is 0 Å². The molecule has 13 rings (SSSR count). The molecule has 0 spiro atoms. The van der Waals surface area contributed by atoms with E-state index in [1.807, 2.05) is 135 Å². The zero-order valence-electron chi connectivity index (χ0n) is 47.5. The molecule has 1 aliphatic rings. The van der Waals surface area contributed by atoms with E-state index >= 15 is 17.6 Å². The van der Waals surface area contributed by atoms with Crippen molar-refractivity contribution in [2.24, 2.45) is 0 Å². The lowest BCUT2D eigenvalue weighted by Crippen LogP contribution is -2.26. The van der Waals surface area contributed by atoms with E-state index in [9.17, 15) is 8.78 Å². The van der Waals surface area contributed by atoms with Gasteiger partial charge in [0, 0.05) is 70.2 Å². The van der Waals surface area contributed by atoms with Crippen molar-refractivity contribution >= 4 is 44.6 Å². The highest BCUT2D eigenvalue weighted by Gasteiger charge is 2.36. The summed E-state index contributed by atoms with van der Waals surface area (Å²) < 4.78 is 105. The van der Waals surface area contributed by atoms with Gasteiger partial charge in [0.25, 0.3) is 0 Å². The summed E-state index contributed by atoms with van der Waals surface area (Å²) in [4.78, 5) is 8.65. The fraction of sp³-hybridized carbons (Fsp3) is 0.122. The average Bonchev–Trinajstić information content (AvgIpc) is 2.01. The number of benzene rings is 10. The van der Waals surface area contributed by atoms with Crippen LogP contribution in [0, 0.1) is 34.9 Å². The summed E-state index contributed by atoms with van der Waals surface area (Å²) in [5.41, 5.74) is 8.49. The van der Waals surface area contributed by atoms with Crippen LogP contribution in [0.15, 0.2) is 219 Å². The van der Waals surface area contributed by atoms with E-state index in [2.05, 4.69) is 92.1 Å². The minimum absolute atomic E-state index is 0.00122. The number of halogens is 6. The minimum Gasteiger partial charge on any atom is -0.457 e. The summed E-state index contributed by atoms with van der Waals surface area (Å²) in [5, 5.41) is 2.06. The Labute approximate surface area is 489 Å². The quantitative estimate of drug-likeness (QED) is 0.128. The molecule has 0 fully saturated rings. The molecule has 0 saturated carbocycles. The Morgan fingerprint density at radius 2 is 0.894 bits per heavy atom. The molecule has 5 nitrogen and oxygen atoms in total. The summed E-state index contributed by atoms with van der Waals surface area (Å²) in [6, 6.07) is 64.0. The molecule has 1 aliphatic heterocycles. The normalized spacial score (nSPS) is 12.6. The number of aromatic nitrogens is 2. The maximum absolute atomic E-state index is 16.6. The molecule has 0 radical (unpaired) electrons. The van der Waals surface area contributed by atoms with Crippen LogP contribution in [0.4, 0.5) is 49.1 Å². The largest absolute Gasteiger partial charge is 0.457 e. The Morgan fingerprint density at radius 1 is 0.400 bits per heavy atom. The van der Waals surface area contributed by atoms with Crippen LogP contribution < -0.4 is 14.5 Å². The van der Waals surface area contributed by atoms with Gasteiger partial charge in [-0.1, -0.05) is 133 Å². The molecule has 11 heteroatoms. The van der Waals surface area contributed by atoms with E-state index in [0.717, 1.165) is 66.6 Å². The van der Waals surface area contributed by atoms with E-state index in [1.54, 1.807) is 23.1 Å². The van der Waals surface area contributed by atoms with Crippen molar-refractivity contribution in [2.75, 3.05) is 16.5 Å². The van der Waals surface area contributed by atoms with Crippen LogP contribution >= 0.6 is 0 Å². The van der Waals surface area contributed by atoms with Gasteiger partial charge in [0.1, 0.15) is 58.9 Å². The number of pyridine rings is 1. The SMILES string of the molecule is CC(C)(C)c1ccnc(-n2c3ccccc3c3ccc(Oc4cc(-c5cc(-c6ccccc6)cc(-c6ccccc6)c5)cc(N5CN(c6c(-c7c(F)cc(F)cc7F)cc(C(C)(C)C)cc6-c6c(F)cc(F)cc6F)c6ccccc65)c4)cc32)c1. The van der Waals surface area contributed by atoms with Crippen molar-refractivity contribution in [2.45, 2.75) is 52.4 Å². The van der Waals surface area contributed by atoms with Gasteiger partial charge in [0.2, 0.25) is 0 Å². The summed E-state index contributed by atoms with van der Waals surface area (Å²) in [7, 11) is 0. The van der Waals surface area contributed by atoms with Crippen LogP contribution in [0.2, 0.25) is 0 Å². The summed E-state index contributed by atoms with van der Waals surface area (Å²) in [6.45, 7) is 12.0. The first-order valence-electron chi connectivity index (χ1n) is 28.1. The van der Waals surface area contributed by atoms with E-state index in [1.165, 1.54) is 0 Å². The van der Waals surface area contributed by atoms with Crippen LogP contribution in [0.25, 0.3) is 83.3 Å². The second-order valence-corrected chi connectivity index (χ2v) is 23.7. The smallest absolute Gasteiger partial charge is 0.137 e. The fourth-order valence-electron chi connectivity index (χ4n) is 11.7. The van der Waals surface area contributed by atoms with E-state index in [0.29, 0.717) is 58.4 Å². The molecule has 12 aromatic rings. The number of rotatable bonds is 10. The molecule has 420 valence electrons. The van der Waals surface area contributed by atoms with E-state index < -0.39 is 51.4 Å². The highest BCUT2D eigenvalue weighted by atomic mass is 19.2. The second-order valence-electron chi connectivity index (χ2n) is 23.7. The summed E-state index contributed by atoms with van der Waals surface area (Å²) >= 11 is 0. The highest BCUT2D eigenvalue weighted by Crippen LogP contribution is 2.54. The first-order chi connectivity index (χ1) is 40.8. The lowest BCUT2D eigenvalue weighted by atomic mass is 9.81. The standard InChI is InChI=1S/C74H56F6N4O/c1-73(2,3)50-27-28-81-69(36-50)84-65-22-14-13-21-57(65)58-26-25-55(42-68(58)84)85-56-33-49(48-30-46(44-17-9-7-10-18-44)29-47(31-48)45-19-11-8-12-20-45)32-54(41-56)82-43-83(67-24-16-15-23-66(67)82)72-59(70-61(77)37-52(75)38-62(70)78)34-51(74(4,5)6)35-60(72)71-63(79)39-53(76)40-64(71)80/h7-42H,43H2,1-6H3. The monoisotopic (exact) mass is 1130 g/mol.